The maximum Gasteiger partial charge on any atom is 0.259 e. The number of pyridine rings is 1. The largest absolute Gasteiger partial charge is 0.354 e. The molecule has 5 heterocycles. The topological polar surface area (TPSA) is 104 Å². The first-order chi connectivity index (χ1) is 22.5. The van der Waals surface area contributed by atoms with Crippen LogP contribution < -0.4 is 15.1 Å². The van der Waals surface area contributed by atoms with Gasteiger partial charge in [0.2, 0.25) is 11.8 Å². The highest BCUT2D eigenvalue weighted by atomic mass is 16.2. The van der Waals surface area contributed by atoms with Gasteiger partial charge in [0.15, 0.2) is 0 Å². The molecule has 1 unspecified atom stereocenters. The van der Waals surface area contributed by atoms with Gasteiger partial charge in [-0.1, -0.05) is 48.5 Å². The lowest BCUT2D eigenvalue weighted by Gasteiger charge is -2.35. The van der Waals surface area contributed by atoms with Crippen LogP contribution in [0.15, 0.2) is 91.5 Å². The molecule has 2 aromatic heterocycles. The molecule has 0 spiro atoms. The van der Waals surface area contributed by atoms with Crippen LogP contribution in [-0.2, 0) is 22.6 Å². The second-order valence-corrected chi connectivity index (χ2v) is 12.2. The molecule has 1 N–H and O–H groups in total. The van der Waals surface area contributed by atoms with Crippen molar-refractivity contribution in [2.45, 2.75) is 31.8 Å². The van der Waals surface area contributed by atoms with Gasteiger partial charge in [-0.15, -0.1) is 0 Å². The van der Waals surface area contributed by atoms with E-state index in [1.165, 1.54) is 11.1 Å². The molecule has 0 saturated carbocycles. The Morgan fingerprint density at radius 2 is 1.61 bits per heavy atom. The Bertz CT molecular complexity index is 1960. The van der Waals surface area contributed by atoms with Gasteiger partial charge >= 0.3 is 0 Å². The molecule has 0 radical (unpaired) electrons. The Hall–Kier alpha value is -5.35. The SMILES string of the molecule is O=C1CCC(N2C(=O)c3cccc4c(Cc5ccc(CN6CCN(c7cccc(-n8ccnc8)n7)CC6)cc5)ccc2c34)C(=O)N1. The minimum Gasteiger partial charge on any atom is -0.354 e. The van der Waals surface area contributed by atoms with Crippen LogP contribution in [0.4, 0.5) is 11.5 Å². The highest BCUT2D eigenvalue weighted by molar-refractivity contribution is 6.27. The van der Waals surface area contributed by atoms with E-state index in [2.05, 4.69) is 62.6 Å². The number of piperidine rings is 1. The van der Waals surface area contributed by atoms with Gasteiger partial charge in [-0.25, -0.2) is 9.97 Å². The molecule has 2 saturated heterocycles. The Morgan fingerprint density at radius 1 is 0.826 bits per heavy atom. The Balaban J connectivity index is 0.930. The third kappa shape index (κ3) is 5.10. The minimum absolute atomic E-state index is 0.184. The maximum absolute atomic E-state index is 13.5. The van der Waals surface area contributed by atoms with Crippen molar-refractivity contribution in [3.63, 3.8) is 0 Å². The summed E-state index contributed by atoms with van der Waals surface area (Å²) in [5, 5.41) is 4.29. The number of carbonyl (C=O) groups excluding carboxylic acids is 3. The van der Waals surface area contributed by atoms with Gasteiger partial charge in [-0.2, -0.15) is 0 Å². The molecule has 8 rings (SSSR count). The summed E-state index contributed by atoms with van der Waals surface area (Å²) in [7, 11) is 0. The smallest absolute Gasteiger partial charge is 0.259 e. The van der Waals surface area contributed by atoms with Gasteiger partial charge in [0.25, 0.3) is 5.91 Å². The lowest BCUT2D eigenvalue weighted by molar-refractivity contribution is -0.134. The first-order valence-electron chi connectivity index (χ1n) is 15.7. The number of anilines is 2. The first kappa shape index (κ1) is 28.1. The molecule has 10 nitrogen and oxygen atoms in total. The molecule has 0 bridgehead atoms. The third-order valence-corrected chi connectivity index (χ3v) is 9.35. The number of nitrogens with zero attached hydrogens (tertiary/aromatic N) is 6. The molecule has 10 heteroatoms. The zero-order chi connectivity index (χ0) is 31.2. The van der Waals surface area contributed by atoms with Gasteiger partial charge in [0.05, 0.1) is 5.69 Å². The third-order valence-electron chi connectivity index (χ3n) is 9.35. The van der Waals surface area contributed by atoms with Crippen LogP contribution in [0.2, 0.25) is 0 Å². The standard InChI is InChI=1S/C36H33N7O3/c44-33-14-13-30(35(45)39-33)43-29-12-11-26(27-3-1-4-28(34(27)29)36(43)46)21-24-7-9-25(10-8-24)22-40-17-19-41(20-18-40)31-5-2-6-32(38-31)42-16-15-37-23-42/h1-12,15-16,23,30H,13-14,17-22H2,(H,39,44,45). The molecular formula is C36H33N7O3. The molecular weight excluding hydrogens is 578 g/mol. The van der Waals surface area contributed by atoms with Crippen LogP contribution in [0.1, 0.15) is 39.9 Å². The highest BCUT2D eigenvalue weighted by Crippen LogP contribution is 2.41. The van der Waals surface area contributed by atoms with Crippen molar-refractivity contribution in [2.75, 3.05) is 36.0 Å². The van der Waals surface area contributed by atoms with E-state index in [0.717, 1.165) is 72.8 Å². The van der Waals surface area contributed by atoms with Crippen molar-refractivity contribution in [2.24, 2.45) is 0 Å². The number of carbonyl (C=O) groups is 3. The number of hydrogen-bond acceptors (Lipinski definition) is 7. The molecule has 230 valence electrons. The zero-order valence-electron chi connectivity index (χ0n) is 25.3. The van der Waals surface area contributed by atoms with Crippen molar-refractivity contribution >= 4 is 40.0 Å². The van der Waals surface area contributed by atoms with E-state index in [1.54, 1.807) is 17.4 Å². The summed E-state index contributed by atoms with van der Waals surface area (Å²) < 4.78 is 1.92. The van der Waals surface area contributed by atoms with Gasteiger partial charge in [0, 0.05) is 62.5 Å². The fourth-order valence-corrected chi connectivity index (χ4v) is 6.96. The molecule has 5 aromatic rings. The zero-order valence-corrected chi connectivity index (χ0v) is 25.3. The monoisotopic (exact) mass is 611 g/mol. The number of rotatable bonds is 7. The van der Waals surface area contributed by atoms with Crippen LogP contribution in [0.5, 0.6) is 0 Å². The fraction of sp³-hybridized carbons (Fsp3) is 0.250. The average Bonchev–Trinajstić information content (AvgIpc) is 3.72. The Morgan fingerprint density at radius 3 is 2.39 bits per heavy atom. The second-order valence-electron chi connectivity index (χ2n) is 12.2. The van der Waals surface area contributed by atoms with E-state index < -0.39 is 11.9 Å². The van der Waals surface area contributed by atoms with E-state index >= 15 is 0 Å². The molecule has 3 amide bonds. The predicted octanol–water partition coefficient (Wildman–Crippen LogP) is 4.10. The van der Waals surface area contributed by atoms with E-state index in [-0.39, 0.29) is 18.2 Å². The van der Waals surface area contributed by atoms with E-state index in [0.29, 0.717) is 12.0 Å². The van der Waals surface area contributed by atoms with Gasteiger partial charge in [-0.05, 0) is 59.2 Å². The molecule has 0 aliphatic carbocycles. The Labute approximate surface area is 266 Å². The average molecular weight is 612 g/mol. The van der Waals surface area contributed by atoms with Crippen LogP contribution in [-0.4, -0.2) is 69.4 Å². The summed E-state index contributed by atoms with van der Waals surface area (Å²) >= 11 is 0. The minimum atomic E-state index is -0.682. The number of benzene rings is 3. The van der Waals surface area contributed by atoms with E-state index in [1.807, 2.05) is 41.1 Å². The fourth-order valence-electron chi connectivity index (χ4n) is 6.96. The van der Waals surface area contributed by atoms with Crippen LogP contribution >= 0.6 is 0 Å². The van der Waals surface area contributed by atoms with Gasteiger partial charge < -0.3 is 4.90 Å². The lowest BCUT2D eigenvalue weighted by atomic mass is 9.95. The molecule has 3 aliphatic heterocycles. The molecule has 3 aromatic carbocycles. The van der Waals surface area contributed by atoms with Gasteiger partial charge in [0.1, 0.15) is 24.0 Å². The predicted molar refractivity (Wildman–Crippen MR) is 175 cm³/mol. The second kappa shape index (κ2) is 11.5. The summed E-state index contributed by atoms with van der Waals surface area (Å²) in [6.45, 7) is 4.68. The number of imidazole rings is 1. The van der Waals surface area contributed by atoms with Crippen LogP contribution in [0.25, 0.3) is 16.6 Å². The van der Waals surface area contributed by atoms with Crippen molar-refractivity contribution in [1.29, 1.82) is 0 Å². The van der Waals surface area contributed by atoms with Crippen molar-refractivity contribution in [3.8, 4) is 5.82 Å². The van der Waals surface area contributed by atoms with E-state index in [9.17, 15) is 14.4 Å². The summed E-state index contributed by atoms with van der Waals surface area (Å²) in [5.41, 5.74) is 4.96. The number of nitrogens with one attached hydrogen (secondary N) is 1. The van der Waals surface area contributed by atoms with Gasteiger partial charge in [-0.3, -0.25) is 34.1 Å². The normalized spacial score (nSPS) is 18.4. The lowest BCUT2D eigenvalue weighted by Crippen LogP contribution is -2.53. The number of aromatic nitrogens is 3. The summed E-state index contributed by atoms with van der Waals surface area (Å²) in [4.78, 5) is 53.2. The molecule has 2 fully saturated rings. The Kier molecular flexibility index (Phi) is 7.06. The quantitative estimate of drug-likeness (QED) is 0.277. The number of amides is 3. The molecule has 3 aliphatic rings. The first-order valence-corrected chi connectivity index (χ1v) is 15.7. The number of imide groups is 1. The highest BCUT2D eigenvalue weighted by Gasteiger charge is 2.40. The van der Waals surface area contributed by atoms with Crippen molar-refractivity contribution in [3.05, 3.63) is 114 Å². The van der Waals surface area contributed by atoms with Crippen LogP contribution in [0.3, 0.4) is 0 Å². The van der Waals surface area contributed by atoms with E-state index in [4.69, 9.17) is 4.98 Å². The summed E-state index contributed by atoms with van der Waals surface area (Å²) in [6.07, 6.45) is 6.72. The van der Waals surface area contributed by atoms with Crippen molar-refractivity contribution < 1.29 is 14.4 Å². The van der Waals surface area contributed by atoms with Crippen molar-refractivity contribution in [1.82, 2.24) is 24.8 Å². The molecule has 1 atom stereocenters. The summed E-state index contributed by atoms with van der Waals surface area (Å²) in [6, 6.07) is 24.1. The number of hydrogen-bond donors (Lipinski definition) is 1. The molecule has 46 heavy (non-hydrogen) atoms. The number of piperazine rings is 1. The van der Waals surface area contributed by atoms with Crippen LogP contribution in [0, 0.1) is 0 Å². The summed E-state index contributed by atoms with van der Waals surface area (Å²) in [5.74, 6) is 0.978. The maximum atomic E-state index is 13.5.